The van der Waals surface area contributed by atoms with E-state index in [0.29, 0.717) is 22.3 Å². The zero-order chi connectivity index (χ0) is 39.1. The van der Waals surface area contributed by atoms with Crippen molar-refractivity contribution in [1.29, 1.82) is 0 Å². The van der Waals surface area contributed by atoms with E-state index in [4.69, 9.17) is 0 Å². The number of aliphatic hydroxyl groups is 1. The van der Waals surface area contributed by atoms with E-state index >= 15 is 4.39 Å². The van der Waals surface area contributed by atoms with Gasteiger partial charge in [-0.15, -0.1) is 11.3 Å². The third-order valence-corrected chi connectivity index (χ3v) is 10.7. The minimum atomic E-state index is -5.09. The third kappa shape index (κ3) is 8.17. The molecule has 3 N–H and O–H groups in total. The van der Waals surface area contributed by atoms with E-state index in [-0.39, 0.29) is 47.5 Å². The van der Waals surface area contributed by atoms with Crippen LogP contribution in [0.5, 0.6) is 0 Å². The summed E-state index contributed by atoms with van der Waals surface area (Å²) in [7, 11) is 0. The van der Waals surface area contributed by atoms with Crippen LogP contribution >= 0.6 is 11.3 Å². The van der Waals surface area contributed by atoms with Gasteiger partial charge in [0.05, 0.1) is 22.4 Å². The van der Waals surface area contributed by atoms with Crippen molar-refractivity contribution < 1.29 is 46.1 Å². The number of carboxylic acids is 1. The molecule has 3 aromatic carbocycles. The van der Waals surface area contributed by atoms with E-state index in [1.807, 2.05) is 26.8 Å². The van der Waals surface area contributed by atoms with Crippen molar-refractivity contribution in [2.45, 2.75) is 51.1 Å². The smallest absolute Gasteiger partial charge is 0.419 e. The number of carboxylic acid groups (broad SMARTS) is 1. The highest BCUT2D eigenvalue weighted by Crippen LogP contribution is 2.37. The molecule has 0 aliphatic carbocycles. The molecule has 6 rings (SSSR count). The largest absolute Gasteiger partial charge is 0.481 e. The van der Waals surface area contributed by atoms with Crippen LogP contribution in [0.4, 0.5) is 26.3 Å². The molecule has 54 heavy (non-hydrogen) atoms. The lowest BCUT2D eigenvalue weighted by Gasteiger charge is -2.42. The SMILES string of the molecule is CC(C)(C)c1ccc(C(=O)N[C@@H](Cc2ccc(-c3ncc(-c4ccc(-c5ccc(C(F)(F)F)c(F)c5F)cc4F)cn3)cc2)C(O)N2CC(C(=O)O)C2)s1. The van der Waals surface area contributed by atoms with Gasteiger partial charge in [-0.25, -0.2) is 23.1 Å². The van der Waals surface area contributed by atoms with Gasteiger partial charge < -0.3 is 15.5 Å². The van der Waals surface area contributed by atoms with Crippen LogP contribution in [-0.4, -0.2) is 62.3 Å². The Hall–Kier alpha value is -5.12. The van der Waals surface area contributed by atoms with Gasteiger partial charge in [0, 0.05) is 52.6 Å². The van der Waals surface area contributed by atoms with E-state index in [1.165, 1.54) is 35.9 Å². The van der Waals surface area contributed by atoms with Crippen LogP contribution in [0.3, 0.4) is 0 Å². The van der Waals surface area contributed by atoms with Crippen LogP contribution in [0.15, 0.2) is 79.1 Å². The van der Waals surface area contributed by atoms with Gasteiger partial charge in [-0.1, -0.05) is 63.2 Å². The molecule has 1 aliphatic rings. The fourth-order valence-electron chi connectivity index (χ4n) is 6.04. The molecule has 15 heteroatoms. The van der Waals surface area contributed by atoms with Gasteiger partial charge in [-0.2, -0.15) is 13.2 Å². The highest BCUT2D eigenvalue weighted by molar-refractivity contribution is 7.14. The number of benzene rings is 3. The highest BCUT2D eigenvalue weighted by atomic mass is 32.1. The van der Waals surface area contributed by atoms with Crippen molar-refractivity contribution in [2.75, 3.05) is 13.1 Å². The molecule has 1 amide bonds. The average molecular weight is 769 g/mol. The standard InChI is InChI=1S/C39H34F6N4O4S/c1-38(2,3)31-13-12-30(54-31)35(50)48-29(36(51)49-18-24(19-49)37(52)53)14-20-4-6-21(7-5-20)34-46-16-23(17-47-34)25-9-8-22(15-28(25)40)26-10-11-27(39(43,44)45)33(42)32(26)41/h4-13,15-17,24,29,36,51H,14,18-19H2,1-3H3,(H,48,50)(H,52,53)/t29-,36?/m0/s1. The Bertz CT molecular complexity index is 2180. The lowest BCUT2D eigenvalue weighted by Crippen LogP contribution is -2.61. The van der Waals surface area contributed by atoms with E-state index in [2.05, 4.69) is 15.3 Å². The highest BCUT2D eigenvalue weighted by Gasteiger charge is 2.40. The van der Waals surface area contributed by atoms with Gasteiger partial charge in [0.15, 0.2) is 17.5 Å². The molecular weight excluding hydrogens is 735 g/mol. The minimum absolute atomic E-state index is 0.0224. The number of likely N-dealkylation sites (tertiary alicyclic amines) is 1. The Morgan fingerprint density at radius 1 is 0.870 bits per heavy atom. The summed E-state index contributed by atoms with van der Waals surface area (Å²) in [6.45, 7) is 6.43. The van der Waals surface area contributed by atoms with Gasteiger partial charge >= 0.3 is 12.1 Å². The van der Waals surface area contributed by atoms with Crippen LogP contribution in [0, 0.1) is 23.4 Å². The molecule has 1 fully saturated rings. The molecule has 0 saturated carbocycles. The number of carbonyl (C=O) groups excluding carboxylic acids is 1. The Labute approximate surface area is 310 Å². The first-order valence-corrected chi connectivity index (χ1v) is 17.6. The van der Waals surface area contributed by atoms with E-state index in [0.717, 1.165) is 22.6 Å². The zero-order valence-electron chi connectivity index (χ0n) is 29.1. The predicted octanol–water partition coefficient (Wildman–Crippen LogP) is 7.95. The third-order valence-electron chi connectivity index (χ3n) is 9.18. The number of hydrogen-bond donors (Lipinski definition) is 3. The minimum Gasteiger partial charge on any atom is -0.481 e. The second-order valence-corrected chi connectivity index (χ2v) is 15.2. The predicted molar refractivity (Wildman–Crippen MR) is 190 cm³/mol. The lowest BCUT2D eigenvalue weighted by atomic mass is 9.95. The number of hydrogen-bond acceptors (Lipinski definition) is 7. The van der Waals surface area contributed by atoms with Gasteiger partial charge in [0.2, 0.25) is 0 Å². The Kier molecular flexibility index (Phi) is 10.7. The summed E-state index contributed by atoms with van der Waals surface area (Å²) in [6, 6.07) is 14.4. The van der Waals surface area contributed by atoms with Crippen LogP contribution in [0.1, 0.15) is 46.4 Å². The Morgan fingerprint density at radius 2 is 1.50 bits per heavy atom. The fraction of sp³-hybridized carbons (Fsp3) is 0.282. The second-order valence-electron chi connectivity index (χ2n) is 14.1. The molecule has 8 nitrogen and oxygen atoms in total. The van der Waals surface area contributed by atoms with Gasteiger partial charge in [-0.3, -0.25) is 14.5 Å². The van der Waals surface area contributed by atoms with E-state index in [1.54, 1.807) is 35.2 Å². The zero-order valence-corrected chi connectivity index (χ0v) is 29.9. The van der Waals surface area contributed by atoms with E-state index in [9.17, 15) is 41.8 Å². The number of alkyl halides is 3. The van der Waals surface area contributed by atoms with Crippen molar-refractivity contribution in [1.82, 2.24) is 20.2 Å². The first kappa shape index (κ1) is 38.6. The first-order chi connectivity index (χ1) is 25.4. The molecule has 3 heterocycles. The summed E-state index contributed by atoms with van der Waals surface area (Å²) < 4.78 is 82.7. The van der Waals surface area contributed by atoms with Crippen molar-refractivity contribution in [3.05, 3.63) is 117 Å². The summed E-state index contributed by atoms with van der Waals surface area (Å²) in [5, 5.41) is 23.5. The summed E-state index contributed by atoms with van der Waals surface area (Å²) in [5.41, 5.74) is -0.979. The number of carbonyl (C=O) groups is 2. The summed E-state index contributed by atoms with van der Waals surface area (Å²) >= 11 is 1.36. The molecule has 0 radical (unpaired) electrons. The summed E-state index contributed by atoms with van der Waals surface area (Å²) in [4.78, 5) is 36.5. The fourth-order valence-corrected chi connectivity index (χ4v) is 7.01. The number of rotatable bonds is 10. The molecule has 2 aromatic heterocycles. The quantitative estimate of drug-likeness (QED) is 0.124. The number of nitrogens with one attached hydrogen (secondary N) is 1. The van der Waals surface area contributed by atoms with Gasteiger partial charge in [0.25, 0.3) is 5.91 Å². The van der Waals surface area contributed by atoms with Gasteiger partial charge in [-0.05, 0) is 47.2 Å². The maximum Gasteiger partial charge on any atom is 0.419 e. The molecule has 1 unspecified atom stereocenters. The molecule has 0 bridgehead atoms. The Balaban J connectivity index is 1.16. The molecule has 1 aliphatic heterocycles. The molecule has 282 valence electrons. The van der Waals surface area contributed by atoms with Crippen molar-refractivity contribution >= 4 is 23.2 Å². The van der Waals surface area contributed by atoms with Crippen LogP contribution in [0.25, 0.3) is 33.6 Å². The second kappa shape index (κ2) is 15.0. The molecule has 0 spiro atoms. The van der Waals surface area contributed by atoms with E-state index < -0.39 is 58.9 Å². The maximum absolute atomic E-state index is 15.2. The monoisotopic (exact) mass is 768 g/mol. The maximum atomic E-state index is 15.2. The van der Waals surface area contributed by atoms with Crippen LogP contribution < -0.4 is 5.32 Å². The van der Waals surface area contributed by atoms with Gasteiger partial charge in [0.1, 0.15) is 12.0 Å². The topological polar surface area (TPSA) is 116 Å². The Morgan fingerprint density at radius 3 is 2.07 bits per heavy atom. The molecular formula is C39H34F6N4O4S. The first-order valence-electron chi connectivity index (χ1n) is 16.7. The number of amides is 1. The number of aliphatic hydroxyl groups excluding tert-OH is 1. The lowest BCUT2D eigenvalue weighted by molar-refractivity contribution is -0.155. The number of halogens is 6. The number of aliphatic carboxylic acids is 1. The molecule has 2 atom stereocenters. The summed E-state index contributed by atoms with van der Waals surface area (Å²) in [6.07, 6.45) is -3.29. The van der Waals surface area contributed by atoms with Crippen LogP contribution in [0.2, 0.25) is 0 Å². The number of aromatic nitrogens is 2. The number of thiophene rings is 1. The average Bonchev–Trinajstić information content (AvgIpc) is 3.60. The van der Waals surface area contributed by atoms with Crippen molar-refractivity contribution in [3.8, 4) is 33.6 Å². The molecule has 1 saturated heterocycles. The normalized spacial score (nSPS) is 15.1. The molecule has 5 aromatic rings. The van der Waals surface area contributed by atoms with Crippen LogP contribution in [-0.2, 0) is 22.8 Å². The number of nitrogens with zero attached hydrogens (tertiary/aromatic N) is 3. The van der Waals surface area contributed by atoms with Crippen molar-refractivity contribution in [3.63, 3.8) is 0 Å². The van der Waals surface area contributed by atoms with Crippen molar-refractivity contribution in [2.24, 2.45) is 5.92 Å². The summed E-state index contributed by atoms with van der Waals surface area (Å²) in [5.74, 6) is -6.29.